The summed E-state index contributed by atoms with van der Waals surface area (Å²) in [5, 5.41) is 0. The van der Waals surface area contributed by atoms with Crippen molar-refractivity contribution >= 4 is 17.0 Å². The molecule has 26 heavy (non-hydrogen) atoms. The van der Waals surface area contributed by atoms with E-state index in [1.54, 1.807) is 0 Å². The Balaban J connectivity index is 1.76. The van der Waals surface area contributed by atoms with Crippen LogP contribution in [-0.4, -0.2) is 44.8 Å². The number of hydrogen-bond acceptors (Lipinski definition) is 5. The van der Waals surface area contributed by atoms with Gasteiger partial charge in [0.2, 0.25) is 5.95 Å². The summed E-state index contributed by atoms with van der Waals surface area (Å²) in [5.74, 6) is 0.717. The van der Waals surface area contributed by atoms with Gasteiger partial charge >= 0.3 is 0 Å². The quantitative estimate of drug-likeness (QED) is 0.777. The minimum Gasteiger partial charge on any atom is -0.340 e. The molecular weight excluding hydrogens is 338 g/mol. The number of aromatic nitrogens is 4. The number of nitrogens with two attached hydrogens (primary N) is 1. The fraction of sp³-hybridized carbons (Fsp3) is 0.389. The first-order valence-electron chi connectivity index (χ1n) is 8.59. The summed E-state index contributed by atoms with van der Waals surface area (Å²) in [7, 11) is 0. The Morgan fingerprint density at radius 1 is 1.27 bits per heavy atom. The molecule has 1 aromatic carbocycles. The molecule has 136 valence electrons. The number of imidazole rings is 1. The van der Waals surface area contributed by atoms with Crippen molar-refractivity contribution in [3.63, 3.8) is 0 Å². The second-order valence-electron chi connectivity index (χ2n) is 6.72. The standard InChI is InChI=1S/C18H20F2N6/c1-11-2-3-16-15(6-11)24-18(25-5-4-13(20)14(21)9-25)26(16)10-17-22-7-12(19)8-23-17/h2-3,6-8,13-14H,4-5,9-10,21H2,1H3/t13-,14+/m0/s1. The first kappa shape index (κ1) is 16.8. The van der Waals surface area contributed by atoms with Crippen molar-refractivity contribution in [3.05, 3.63) is 47.8 Å². The third kappa shape index (κ3) is 3.12. The highest BCUT2D eigenvalue weighted by molar-refractivity contribution is 5.79. The van der Waals surface area contributed by atoms with Crippen LogP contribution in [-0.2, 0) is 6.54 Å². The Kier molecular flexibility index (Phi) is 4.28. The third-order valence-electron chi connectivity index (χ3n) is 4.71. The molecule has 1 saturated heterocycles. The van der Waals surface area contributed by atoms with Crippen molar-refractivity contribution in [2.24, 2.45) is 5.73 Å². The SMILES string of the molecule is Cc1ccc2c(c1)nc(N1CC[C@H](F)[C@H](N)C1)n2Cc1ncc(F)cn1. The van der Waals surface area contributed by atoms with E-state index in [0.717, 1.165) is 29.0 Å². The topological polar surface area (TPSA) is 72.9 Å². The van der Waals surface area contributed by atoms with Crippen LogP contribution < -0.4 is 10.6 Å². The van der Waals surface area contributed by atoms with Crippen LogP contribution in [0.5, 0.6) is 0 Å². The fourth-order valence-electron chi connectivity index (χ4n) is 3.32. The minimum atomic E-state index is -0.994. The van der Waals surface area contributed by atoms with Crippen LogP contribution in [0.4, 0.5) is 14.7 Å². The number of aryl methyl sites for hydroxylation is 1. The highest BCUT2D eigenvalue weighted by Crippen LogP contribution is 2.27. The Morgan fingerprint density at radius 2 is 2.04 bits per heavy atom. The molecule has 0 saturated carbocycles. The smallest absolute Gasteiger partial charge is 0.207 e. The molecule has 0 spiro atoms. The number of benzene rings is 1. The number of fused-ring (bicyclic) bond motifs is 1. The maximum atomic E-state index is 13.8. The first-order valence-corrected chi connectivity index (χ1v) is 8.59. The molecule has 2 N–H and O–H groups in total. The van der Waals surface area contributed by atoms with E-state index < -0.39 is 18.0 Å². The van der Waals surface area contributed by atoms with Gasteiger partial charge < -0.3 is 15.2 Å². The number of halogens is 2. The highest BCUT2D eigenvalue weighted by Gasteiger charge is 2.29. The van der Waals surface area contributed by atoms with Crippen molar-refractivity contribution in [1.82, 2.24) is 19.5 Å². The molecule has 1 aliphatic heterocycles. The van der Waals surface area contributed by atoms with Gasteiger partial charge in [-0.15, -0.1) is 0 Å². The summed E-state index contributed by atoms with van der Waals surface area (Å²) in [4.78, 5) is 14.9. The summed E-state index contributed by atoms with van der Waals surface area (Å²) in [6.45, 7) is 3.29. The molecule has 2 aromatic heterocycles. The van der Waals surface area contributed by atoms with Crippen LogP contribution in [0, 0.1) is 12.7 Å². The van der Waals surface area contributed by atoms with Gasteiger partial charge in [-0.3, -0.25) is 0 Å². The number of anilines is 1. The number of piperidine rings is 1. The summed E-state index contributed by atoms with van der Waals surface area (Å²) < 4.78 is 28.9. The van der Waals surface area contributed by atoms with Gasteiger partial charge in [-0.05, 0) is 31.0 Å². The van der Waals surface area contributed by atoms with Crippen molar-refractivity contribution < 1.29 is 8.78 Å². The Labute approximate surface area is 149 Å². The zero-order chi connectivity index (χ0) is 18.3. The predicted octanol–water partition coefficient (Wildman–Crippen LogP) is 2.20. The lowest BCUT2D eigenvalue weighted by molar-refractivity contribution is 0.243. The zero-order valence-electron chi connectivity index (χ0n) is 14.4. The second kappa shape index (κ2) is 6.60. The van der Waals surface area contributed by atoms with Gasteiger partial charge in [0.25, 0.3) is 0 Å². The largest absolute Gasteiger partial charge is 0.340 e. The van der Waals surface area contributed by atoms with Gasteiger partial charge in [-0.1, -0.05) is 6.07 Å². The Morgan fingerprint density at radius 3 is 2.77 bits per heavy atom. The molecule has 0 unspecified atom stereocenters. The van der Waals surface area contributed by atoms with Crippen LogP contribution in [0.1, 0.15) is 17.8 Å². The maximum Gasteiger partial charge on any atom is 0.207 e. The highest BCUT2D eigenvalue weighted by atomic mass is 19.1. The fourth-order valence-corrected chi connectivity index (χ4v) is 3.32. The van der Waals surface area contributed by atoms with E-state index in [2.05, 4.69) is 9.97 Å². The number of alkyl halides is 1. The lowest BCUT2D eigenvalue weighted by Gasteiger charge is -2.34. The molecule has 4 rings (SSSR count). The summed E-state index contributed by atoms with van der Waals surface area (Å²) in [5.41, 5.74) is 8.80. The van der Waals surface area contributed by atoms with Crippen molar-refractivity contribution in [2.45, 2.75) is 32.1 Å². The van der Waals surface area contributed by atoms with Crippen molar-refractivity contribution in [1.29, 1.82) is 0 Å². The third-order valence-corrected chi connectivity index (χ3v) is 4.71. The average Bonchev–Trinajstić information content (AvgIpc) is 2.97. The molecule has 3 heterocycles. The second-order valence-corrected chi connectivity index (χ2v) is 6.72. The maximum absolute atomic E-state index is 13.8. The van der Waals surface area contributed by atoms with Gasteiger partial charge in [-0.2, -0.15) is 0 Å². The molecule has 0 radical (unpaired) electrons. The molecule has 1 aliphatic rings. The summed E-state index contributed by atoms with van der Waals surface area (Å²) >= 11 is 0. The van der Waals surface area contributed by atoms with Gasteiger partial charge in [0, 0.05) is 13.1 Å². The van der Waals surface area contributed by atoms with E-state index in [-0.39, 0.29) is 0 Å². The van der Waals surface area contributed by atoms with Crippen LogP contribution in [0.15, 0.2) is 30.6 Å². The average molecular weight is 358 g/mol. The van der Waals surface area contributed by atoms with Gasteiger partial charge in [-0.25, -0.2) is 23.7 Å². The Bertz CT molecular complexity index is 923. The van der Waals surface area contributed by atoms with E-state index in [9.17, 15) is 8.78 Å². The summed E-state index contributed by atoms with van der Waals surface area (Å²) in [6.07, 6.45) is 1.67. The van der Waals surface area contributed by atoms with Crippen molar-refractivity contribution in [3.8, 4) is 0 Å². The Hall–Kier alpha value is -2.61. The first-order chi connectivity index (χ1) is 12.5. The molecule has 1 fully saturated rings. The minimum absolute atomic E-state index is 0.347. The molecule has 0 aliphatic carbocycles. The molecule has 3 aromatic rings. The summed E-state index contributed by atoms with van der Waals surface area (Å²) in [6, 6.07) is 5.46. The van der Waals surface area contributed by atoms with Gasteiger partial charge in [0.05, 0.1) is 36.0 Å². The van der Waals surface area contributed by atoms with E-state index in [4.69, 9.17) is 10.7 Å². The predicted molar refractivity (Wildman–Crippen MR) is 95.3 cm³/mol. The zero-order valence-corrected chi connectivity index (χ0v) is 14.4. The molecule has 8 heteroatoms. The molecule has 2 atom stereocenters. The number of nitrogens with zero attached hydrogens (tertiary/aromatic N) is 5. The molecule has 0 amide bonds. The van der Waals surface area contributed by atoms with E-state index in [0.29, 0.717) is 37.8 Å². The van der Waals surface area contributed by atoms with Crippen LogP contribution in [0.25, 0.3) is 11.0 Å². The lowest BCUT2D eigenvalue weighted by atomic mass is 10.1. The normalized spacial score (nSPS) is 20.7. The monoisotopic (exact) mass is 358 g/mol. The van der Waals surface area contributed by atoms with Crippen molar-refractivity contribution in [2.75, 3.05) is 18.0 Å². The van der Waals surface area contributed by atoms with E-state index >= 15 is 0 Å². The van der Waals surface area contributed by atoms with Gasteiger partial charge in [0.15, 0.2) is 5.82 Å². The van der Waals surface area contributed by atoms with Crippen LogP contribution in [0.3, 0.4) is 0 Å². The van der Waals surface area contributed by atoms with E-state index in [1.165, 1.54) is 0 Å². The molecular formula is C18H20F2N6. The van der Waals surface area contributed by atoms with Gasteiger partial charge in [0.1, 0.15) is 12.0 Å². The van der Waals surface area contributed by atoms with E-state index in [1.807, 2.05) is 34.6 Å². The molecule has 6 nitrogen and oxygen atoms in total. The van der Waals surface area contributed by atoms with Crippen LogP contribution in [0.2, 0.25) is 0 Å². The number of hydrogen-bond donors (Lipinski definition) is 1. The van der Waals surface area contributed by atoms with Crippen LogP contribution >= 0.6 is 0 Å². The lowest BCUT2D eigenvalue weighted by Crippen LogP contribution is -2.50. The molecule has 0 bridgehead atoms. The number of rotatable bonds is 3.